The third kappa shape index (κ3) is 2.93. The molecule has 1 N–H and O–H groups in total. The molecule has 0 atom stereocenters. The van der Waals surface area contributed by atoms with Gasteiger partial charge in [0.25, 0.3) is 0 Å². The van der Waals surface area contributed by atoms with Crippen LogP contribution in [0, 0.1) is 0 Å². The number of fused-ring (bicyclic) bond motifs is 1. The van der Waals surface area contributed by atoms with Gasteiger partial charge < -0.3 is 14.4 Å². The zero-order valence-corrected chi connectivity index (χ0v) is 12.2. The van der Waals surface area contributed by atoms with Gasteiger partial charge in [-0.25, -0.2) is 9.78 Å². The molecule has 0 unspecified atom stereocenters. The molecule has 0 bridgehead atoms. The van der Waals surface area contributed by atoms with Crippen molar-refractivity contribution >= 4 is 17.0 Å². The van der Waals surface area contributed by atoms with E-state index in [1.807, 2.05) is 13.0 Å². The molecular formula is C16H20N2O3. The molecule has 5 nitrogen and oxygen atoms in total. The van der Waals surface area contributed by atoms with Crippen LogP contribution in [0.15, 0.2) is 18.2 Å². The monoisotopic (exact) mass is 288 g/mol. The van der Waals surface area contributed by atoms with Gasteiger partial charge in [0.2, 0.25) is 0 Å². The number of carbonyl (C=O) groups is 1. The first kappa shape index (κ1) is 14.1. The minimum atomic E-state index is -0.896. The van der Waals surface area contributed by atoms with Crippen LogP contribution in [-0.2, 0) is 11.3 Å². The Morgan fingerprint density at radius 1 is 1.48 bits per heavy atom. The summed E-state index contributed by atoms with van der Waals surface area (Å²) < 4.78 is 7.57. The summed E-state index contributed by atoms with van der Waals surface area (Å²) in [5.74, 6) is 0.744. The van der Waals surface area contributed by atoms with E-state index in [0.29, 0.717) is 11.5 Å². The normalized spacial score (nSPS) is 14.7. The van der Waals surface area contributed by atoms with Crippen molar-refractivity contribution in [3.63, 3.8) is 0 Å². The average molecular weight is 288 g/mol. The standard InChI is InChI=1S/C16H20N2O3/c1-2-21-9-3-8-18-14-10-12(16(19)20)6-7-13(14)17-15(18)11-4-5-11/h6-7,10-11H,2-5,8-9H2,1H3,(H,19,20). The molecule has 112 valence electrons. The number of benzene rings is 1. The van der Waals surface area contributed by atoms with E-state index in [1.54, 1.807) is 12.1 Å². The number of aromatic carboxylic acids is 1. The van der Waals surface area contributed by atoms with Gasteiger partial charge in [0.1, 0.15) is 5.82 Å². The van der Waals surface area contributed by atoms with Gasteiger partial charge in [0, 0.05) is 25.7 Å². The fourth-order valence-electron chi connectivity index (χ4n) is 2.63. The summed E-state index contributed by atoms with van der Waals surface area (Å²) in [6, 6.07) is 5.17. The van der Waals surface area contributed by atoms with Crippen LogP contribution in [0.5, 0.6) is 0 Å². The molecule has 2 aromatic rings. The van der Waals surface area contributed by atoms with E-state index in [-0.39, 0.29) is 0 Å². The maximum atomic E-state index is 11.2. The molecule has 0 radical (unpaired) electrons. The van der Waals surface area contributed by atoms with Gasteiger partial charge in [-0.05, 0) is 44.4 Å². The van der Waals surface area contributed by atoms with E-state index < -0.39 is 5.97 Å². The lowest BCUT2D eigenvalue weighted by Gasteiger charge is -2.09. The van der Waals surface area contributed by atoms with E-state index in [9.17, 15) is 4.79 Å². The van der Waals surface area contributed by atoms with Crippen LogP contribution >= 0.6 is 0 Å². The predicted octanol–water partition coefficient (Wildman–Crippen LogP) is 3.04. The van der Waals surface area contributed by atoms with Gasteiger partial charge in [0.15, 0.2) is 0 Å². The number of hydrogen-bond donors (Lipinski definition) is 1. The second kappa shape index (κ2) is 5.85. The molecule has 0 saturated heterocycles. The second-order valence-corrected chi connectivity index (χ2v) is 5.46. The number of hydrogen-bond acceptors (Lipinski definition) is 3. The summed E-state index contributed by atoms with van der Waals surface area (Å²) in [5, 5.41) is 9.16. The van der Waals surface area contributed by atoms with Gasteiger partial charge >= 0.3 is 5.97 Å². The summed E-state index contributed by atoms with van der Waals surface area (Å²) in [6.45, 7) is 4.26. The van der Waals surface area contributed by atoms with Crippen LogP contribution in [0.4, 0.5) is 0 Å². The first-order valence-electron chi connectivity index (χ1n) is 7.52. The smallest absolute Gasteiger partial charge is 0.335 e. The SMILES string of the molecule is CCOCCCn1c(C2CC2)nc2ccc(C(=O)O)cc21. The highest BCUT2D eigenvalue weighted by Gasteiger charge is 2.29. The molecule has 0 amide bonds. The molecule has 1 heterocycles. The van der Waals surface area contributed by atoms with Crippen molar-refractivity contribution in [1.82, 2.24) is 9.55 Å². The first-order chi connectivity index (χ1) is 10.2. The Labute approximate surface area is 123 Å². The van der Waals surface area contributed by atoms with Crippen LogP contribution in [0.1, 0.15) is 48.3 Å². The van der Waals surface area contributed by atoms with Crippen LogP contribution in [0.3, 0.4) is 0 Å². The third-order valence-corrected chi connectivity index (χ3v) is 3.84. The lowest BCUT2D eigenvalue weighted by molar-refractivity contribution is 0.0697. The second-order valence-electron chi connectivity index (χ2n) is 5.46. The Morgan fingerprint density at radius 2 is 2.29 bits per heavy atom. The first-order valence-corrected chi connectivity index (χ1v) is 7.52. The molecular weight excluding hydrogens is 268 g/mol. The number of carboxylic acid groups (broad SMARTS) is 1. The van der Waals surface area contributed by atoms with Crippen LogP contribution in [-0.4, -0.2) is 33.8 Å². The summed E-state index contributed by atoms with van der Waals surface area (Å²) >= 11 is 0. The minimum absolute atomic E-state index is 0.316. The highest BCUT2D eigenvalue weighted by atomic mass is 16.5. The van der Waals surface area contributed by atoms with E-state index in [4.69, 9.17) is 14.8 Å². The Balaban J connectivity index is 1.94. The molecule has 1 aromatic heterocycles. The van der Waals surface area contributed by atoms with Gasteiger partial charge in [-0.3, -0.25) is 0 Å². The van der Waals surface area contributed by atoms with Crippen molar-refractivity contribution < 1.29 is 14.6 Å². The van der Waals surface area contributed by atoms with Crippen molar-refractivity contribution in [1.29, 1.82) is 0 Å². The van der Waals surface area contributed by atoms with Gasteiger partial charge in [-0.2, -0.15) is 0 Å². The molecule has 5 heteroatoms. The minimum Gasteiger partial charge on any atom is -0.478 e. The number of ether oxygens (including phenoxy) is 1. The summed E-state index contributed by atoms with van der Waals surface area (Å²) in [5.41, 5.74) is 2.13. The Morgan fingerprint density at radius 3 is 2.95 bits per heavy atom. The van der Waals surface area contributed by atoms with Crippen molar-refractivity contribution in [2.24, 2.45) is 0 Å². The number of aromatic nitrogens is 2. The largest absolute Gasteiger partial charge is 0.478 e. The fraction of sp³-hybridized carbons (Fsp3) is 0.500. The molecule has 1 aliphatic carbocycles. The molecule has 1 fully saturated rings. The van der Waals surface area contributed by atoms with Crippen LogP contribution in [0.25, 0.3) is 11.0 Å². The van der Waals surface area contributed by atoms with E-state index in [2.05, 4.69) is 4.57 Å². The van der Waals surface area contributed by atoms with E-state index in [1.165, 1.54) is 12.8 Å². The zero-order chi connectivity index (χ0) is 14.8. The Kier molecular flexibility index (Phi) is 3.92. The highest BCUT2D eigenvalue weighted by molar-refractivity contribution is 5.92. The van der Waals surface area contributed by atoms with E-state index in [0.717, 1.165) is 43.0 Å². The summed E-state index contributed by atoms with van der Waals surface area (Å²) in [6.07, 6.45) is 3.28. The van der Waals surface area contributed by atoms with Crippen LogP contribution < -0.4 is 0 Å². The molecule has 0 spiro atoms. The van der Waals surface area contributed by atoms with Crippen molar-refractivity contribution in [2.75, 3.05) is 13.2 Å². The van der Waals surface area contributed by atoms with Crippen LogP contribution in [0.2, 0.25) is 0 Å². The fourth-order valence-corrected chi connectivity index (χ4v) is 2.63. The van der Waals surface area contributed by atoms with Gasteiger partial charge in [0.05, 0.1) is 16.6 Å². The highest BCUT2D eigenvalue weighted by Crippen LogP contribution is 2.40. The maximum Gasteiger partial charge on any atom is 0.335 e. The quantitative estimate of drug-likeness (QED) is 0.795. The van der Waals surface area contributed by atoms with Crippen molar-refractivity contribution in [2.45, 2.75) is 38.6 Å². The number of nitrogens with zero attached hydrogens (tertiary/aromatic N) is 2. The number of rotatable bonds is 7. The third-order valence-electron chi connectivity index (χ3n) is 3.84. The molecule has 1 saturated carbocycles. The number of carboxylic acids is 1. The lowest BCUT2D eigenvalue weighted by Crippen LogP contribution is -2.06. The molecule has 3 rings (SSSR count). The summed E-state index contributed by atoms with van der Waals surface area (Å²) in [4.78, 5) is 15.9. The van der Waals surface area contributed by atoms with E-state index >= 15 is 0 Å². The molecule has 1 aromatic carbocycles. The lowest BCUT2D eigenvalue weighted by atomic mass is 10.2. The average Bonchev–Trinajstić information content (AvgIpc) is 3.25. The maximum absolute atomic E-state index is 11.2. The van der Waals surface area contributed by atoms with Crippen molar-refractivity contribution in [3.05, 3.63) is 29.6 Å². The topological polar surface area (TPSA) is 64.4 Å². The predicted molar refractivity (Wildman–Crippen MR) is 79.8 cm³/mol. The number of imidazole rings is 1. The zero-order valence-electron chi connectivity index (χ0n) is 12.2. The molecule has 0 aliphatic heterocycles. The van der Waals surface area contributed by atoms with Gasteiger partial charge in [-0.15, -0.1) is 0 Å². The van der Waals surface area contributed by atoms with Crippen molar-refractivity contribution in [3.8, 4) is 0 Å². The summed E-state index contributed by atoms with van der Waals surface area (Å²) in [7, 11) is 0. The van der Waals surface area contributed by atoms with Gasteiger partial charge in [-0.1, -0.05) is 0 Å². The molecule has 1 aliphatic rings. The molecule has 21 heavy (non-hydrogen) atoms. The Bertz CT molecular complexity index is 659. The number of aryl methyl sites for hydroxylation is 1. The Hall–Kier alpha value is -1.88.